The lowest BCUT2D eigenvalue weighted by atomic mass is 10.1. The average molecular weight is 316 g/mol. The Hall–Kier alpha value is -2.28. The van der Waals surface area contributed by atoms with Crippen LogP contribution in [0.4, 0.5) is 5.82 Å². The van der Waals surface area contributed by atoms with Gasteiger partial charge >= 0.3 is 0 Å². The van der Waals surface area contributed by atoms with E-state index in [0.717, 1.165) is 25.8 Å². The number of anilines is 1. The van der Waals surface area contributed by atoms with Gasteiger partial charge in [-0.3, -0.25) is 24.2 Å². The van der Waals surface area contributed by atoms with Crippen molar-refractivity contribution in [3.63, 3.8) is 0 Å². The molecule has 0 N–H and O–H groups in total. The molecule has 1 aromatic heterocycles. The number of aromatic nitrogens is 1. The summed E-state index contributed by atoms with van der Waals surface area (Å²) in [6.07, 6.45) is 3.39. The predicted molar refractivity (Wildman–Crippen MR) is 84.1 cm³/mol. The van der Waals surface area contributed by atoms with Crippen LogP contribution in [-0.4, -0.2) is 66.1 Å². The van der Waals surface area contributed by atoms with Crippen molar-refractivity contribution in [2.45, 2.75) is 25.4 Å². The number of amides is 2. The Kier molecular flexibility index (Phi) is 4.38. The quantitative estimate of drug-likeness (QED) is 0.706. The smallest absolute Gasteiger partial charge is 0.237 e. The van der Waals surface area contributed by atoms with Crippen molar-refractivity contribution in [2.24, 2.45) is 0 Å². The van der Waals surface area contributed by atoms with Crippen LogP contribution in [0.3, 0.4) is 0 Å². The molecule has 7 nitrogen and oxygen atoms in total. The normalized spacial score (nSPS) is 18.8. The summed E-state index contributed by atoms with van der Waals surface area (Å²) in [5.41, 5.74) is 1.00. The minimum atomic E-state index is 0.0483. The molecular formula is C16H20N4O3. The fourth-order valence-corrected chi connectivity index (χ4v) is 2.75. The van der Waals surface area contributed by atoms with Gasteiger partial charge in [-0.1, -0.05) is 6.07 Å². The van der Waals surface area contributed by atoms with Gasteiger partial charge in [0.25, 0.3) is 0 Å². The molecule has 2 amide bonds. The Morgan fingerprint density at radius 1 is 1.30 bits per heavy atom. The van der Waals surface area contributed by atoms with E-state index in [1.807, 2.05) is 11.9 Å². The number of pyridine rings is 1. The number of piperazine rings is 1. The highest BCUT2D eigenvalue weighted by atomic mass is 16.2. The van der Waals surface area contributed by atoms with Crippen molar-refractivity contribution < 1.29 is 14.4 Å². The molecule has 1 saturated heterocycles. The molecule has 23 heavy (non-hydrogen) atoms. The maximum atomic E-state index is 12.0. The van der Waals surface area contributed by atoms with E-state index in [2.05, 4.69) is 4.98 Å². The summed E-state index contributed by atoms with van der Waals surface area (Å²) in [5, 5.41) is 0. The fraction of sp³-hybridized carbons (Fsp3) is 0.500. The molecular weight excluding hydrogens is 296 g/mol. The van der Waals surface area contributed by atoms with Gasteiger partial charge in [-0.25, -0.2) is 4.98 Å². The van der Waals surface area contributed by atoms with Crippen molar-refractivity contribution in [3.8, 4) is 0 Å². The summed E-state index contributed by atoms with van der Waals surface area (Å²) in [6.45, 7) is 2.22. The summed E-state index contributed by atoms with van der Waals surface area (Å²) < 4.78 is 0. The monoisotopic (exact) mass is 316 g/mol. The van der Waals surface area contributed by atoms with Crippen LogP contribution in [-0.2, 0) is 16.1 Å². The van der Waals surface area contributed by atoms with Crippen LogP contribution in [0, 0.1) is 0 Å². The largest absolute Gasteiger partial charge is 0.336 e. The highest BCUT2D eigenvalue weighted by Crippen LogP contribution is 2.29. The first-order valence-corrected chi connectivity index (χ1v) is 7.77. The number of hydrogen-bond acceptors (Lipinski definition) is 5. The zero-order valence-electron chi connectivity index (χ0n) is 13.1. The van der Waals surface area contributed by atoms with E-state index >= 15 is 0 Å². The van der Waals surface area contributed by atoms with E-state index in [4.69, 9.17) is 0 Å². The number of rotatable bonds is 6. The highest BCUT2D eigenvalue weighted by Gasteiger charge is 2.30. The molecule has 0 unspecified atom stereocenters. The molecule has 7 heteroatoms. The molecule has 3 rings (SSSR count). The third kappa shape index (κ3) is 3.39. The molecule has 0 spiro atoms. The molecule has 0 atom stereocenters. The molecule has 2 heterocycles. The lowest BCUT2D eigenvalue weighted by Crippen LogP contribution is -2.48. The van der Waals surface area contributed by atoms with Gasteiger partial charge in [-0.2, -0.15) is 0 Å². The number of likely N-dealkylation sites (N-methyl/N-ethyl adjacent to an activating group) is 1. The summed E-state index contributed by atoms with van der Waals surface area (Å²) in [5.74, 6) is 0.547. The summed E-state index contributed by atoms with van der Waals surface area (Å²) in [4.78, 5) is 44.2. The summed E-state index contributed by atoms with van der Waals surface area (Å²) in [6, 6.07) is 3.73. The lowest BCUT2D eigenvalue weighted by molar-refractivity contribution is -0.136. The number of carbonyl (C=O) groups is 3. The number of carbonyl (C=O) groups excluding carboxylic acids is 3. The van der Waals surface area contributed by atoms with E-state index in [1.54, 1.807) is 21.9 Å². The summed E-state index contributed by atoms with van der Waals surface area (Å²) >= 11 is 0. The molecule has 0 bridgehead atoms. The van der Waals surface area contributed by atoms with Crippen molar-refractivity contribution >= 4 is 24.4 Å². The van der Waals surface area contributed by atoms with Gasteiger partial charge in [-0.05, 0) is 26.0 Å². The van der Waals surface area contributed by atoms with Gasteiger partial charge in [-0.15, -0.1) is 0 Å². The molecule has 0 aromatic carbocycles. The summed E-state index contributed by atoms with van der Waals surface area (Å²) in [7, 11) is 1.91. The van der Waals surface area contributed by atoms with E-state index in [1.165, 1.54) is 0 Å². The van der Waals surface area contributed by atoms with Crippen molar-refractivity contribution in [2.75, 3.05) is 31.6 Å². The van der Waals surface area contributed by atoms with Crippen LogP contribution in [0.1, 0.15) is 28.9 Å². The second-order valence-electron chi connectivity index (χ2n) is 6.13. The molecule has 1 aliphatic carbocycles. The maximum absolute atomic E-state index is 12.0. The van der Waals surface area contributed by atoms with Crippen LogP contribution in [0.25, 0.3) is 0 Å². The zero-order chi connectivity index (χ0) is 16.4. The van der Waals surface area contributed by atoms with Crippen molar-refractivity contribution in [1.29, 1.82) is 0 Å². The van der Waals surface area contributed by atoms with E-state index < -0.39 is 0 Å². The fourth-order valence-electron chi connectivity index (χ4n) is 2.75. The standard InChI is InChI=1S/C16H20N4O3/c1-18-6-7-19(16(23)9-18)8-12-2-5-15(17-14(12)10-21)20(11-22)13-3-4-13/h2,5,10-11,13H,3-4,6-9H2,1H3. The molecule has 2 aliphatic rings. The Morgan fingerprint density at radius 2 is 2.09 bits per heavy atom. The van der Waals surface area contributed by atoms with Gasteiger partial charge < -0.3 is 4.90 Å². The first kappa shape index (κ1) is 15.6. The Morgan fingerprint density at radius 3 is 2.70 bits per heavy atom. The maximum Gasteiger partial charge on any atom is 0.237 e. The lowest BCUT2D eigenvalue weighted by Gasteiger charge is -2.32. The Bertz CT molecular complexity index is 630. The van der Waals surface area contributed by atoms with Crippen LogP contribution >= 0.6 is 0 Å². The van der Waals surface area contributed by atoms with Gasteiger partial charge in [0.1, 0.15) is 11.5 Å². The minimum absolute atomic E-state index is 0.0483. The van der Waals surface area contributed by atoms with Crippen LogP contribution in [0.2, 0.25) is 0 Å². The zero-order valence-corrected chi connectivity index (χ0v) is 13.1. The van der Waals surface area contributed by atoms with Gasteiger partial charge in [0.2, 0.25) is 12.3 Å². The van der Waals surface area contributed by atoms with Crippen LogP contribution in [0.15, 0.2) is 12.1 Å². The Labute approximate surface area is 134 Å². The average Bonchev–Trinajstić information content (AvgIpc) is 3.36. The number of nitrogens with zero attached hydrogens (tertiary/aromatic N) is 4. The predicted octanol–water partition coefficient (Wildman–Crippen LogP) is 0.293. The Balaban J connectivity index is 1.78. The molecule has 1 aliphatic heterocycles. The van der Waals surface area contributed by atoms with E-state index in [-0.39, 0.29) is 11.9 Å². The van der Waals surface area contributed by atoms with Crippen molar-refractivity contribution in [3.05, 3.63) is 23.4 Å². The second kappa shape index (κ2) is 6.45. The number of hydrogen-bond donors (Lipinski definition) is 0. The third-order valence-electron chi connectivity index (χ3n) is 4.30. The second-order valence-corrected chi connectivity index (χ2v) is 6.13. The van der Waals surface area contributed by atoms with Gasteiger partial charge in [0.15, 0.2) is 6.29 Å². The minimum Gasteiger partial charge on any atom is -0.336 e. The van der Waals surface area contributed by atoms with Gasteiger partial charge in [0, 0.05) is 31.2 Å². The molecule has 1 aromatic rings. The number of aldehydes is 1. The third-order valence-corrected chi connectivity index (χ3v) is 4.30. The molecule has 122 valence electrons. The highest BCUT2D eigenvalue weighted by molar-refractivity contribution is 5.81. The SMILES string of the molecule is CN1CCN(Cc2ccc(N(C=O)C3CC3)nc2C=O)C(=O)C1. The molecule has 1 saturated carbocycles. The van der Waals surface area contributed by atoms with Gasteiger partial charge in [0.05, 0.1) is 6.54 Å². The van der Waals surface area contributed by atoms with E-state index in [0.29, 0.717) is 43.0 Å². The van der Waals surface area contributed by atoms with E-state index in [9.17, 15) is 14.4 Å². The topological polar surface area (TPSA) is 73.8 Å². The molecule has 0 radical (unpaired) electrons. The molecule has 2 fully saturated rings. The van der Waals surface area contributed by atoms with Crippen LogP contribution < -0.4 is 4.90 Å². The first-order valence-electron chi connectivity index (χ1n) is 7.77. The van der Waals surface area contributed by atoms with Crippen LogP contribution in [0.5, 0.6) is 0 Å². The van der Waals surface area contributed by atoms with Crippen molar-refractivity contribution in [1.82, 2.24) is 14.8 Å². The first-order chi connectivity index (χ1) is 11.1.